The average molecular weight is 176 g/mol. The maximum Gasteiger partial charge on any atom is -0.0171 e. The van der Waals surface area contributed by atoms with E-state index in [1.165, 1.54) is 25.7 Å². The minimum Gasteiger partial charge on any atom is -0.0848 e. The van der Waals surface area contributed by atoms with Crippen molar-refractivity contribution in [3.05, 3.63) is 12.2 Å². The maximum absolute atomic E-state index is 2.55. The molecule has 0 aliphatic heterocycles. The van der Waals surface area contributed by atoms with Gasteiger partial charge >= 0.3 is 0 Å². The molecule has 0 saturated heterocycles. The summed E-state index contributed by atoms with van der Waals surface area (Å²) in [6.07, 6.45) is 11.0. The summed E-state index contributed by atoms with van der Waals surface area (Å²) in [5.74, 6) is 3.92. The summed E-state index contributed by atoms with van der Waals surface area (Å²) < 4.78 is 0. The number of rotatable bonds is 0. The van der Waals surface area contributed by atoms with Crippen LogP contribution in [0.5, 0.6) is 0 Å². The summed E-state index contributed by atoms with van der Waals surface area (Å²) in [5.41, 5.74) is 0.700. The molecule has 3 aliphatic rings. The van der Waals surface area contributed by atoms with Crippen LogP contribution in [-0.2, 0) is 0 Å². The van der Waals surface area contributed by atoms with E-state index in [1.54, 1.807) is 0 Å². The molecule has 4 unspecified atom stereocenters. The van der Waals surface area contributed by atoms with Crippen molar-refractivity contribution in [2.24, 2.45) is 29.1 Å². The lowest BCUT2D eigenvalue weighted by Gasteiger charge is -2.45. The van der Waals surface area contributed by atoms with E-state index in [0.717, 1.165) is 23.7 Å². The Labute approximate surface area is 81.4 Å². The monoisotopic (exact) mass is 176 g/mol. The van der Waals surface area contributed by atoms with Gasteiger partial charge in [-0.25, -0.2) is 0 Å². The molecule has 13 heavy (non-hydrogen) atoms. The first-order valence-corrected chi connectivity index (χ1v) is 5.88. The number of fused-ring (bicyclic) bond motifs is 5. The number of hydrogen-bond donors (Lipinski definition) is 0. The molecule has 0 amide bonds. The third-order valence-corrected chi connectivity index (χ3v) is 5.16. The van der Waals surface area contributed by atoms with Crippen LogP contribution < -0.4 is 0 Å². The standard InChI is InChI=1S/C13H20/c1-9-5-6-13(2)11-4-3-10(8-11)12(13)7-9/h3-4,9-12H,5-8H2,1-2H3/t9-,10?,11?,12?,13?/m1/s1. The van der Waals surface area contributed by atoms with Gasteiger partial charge in [0, 0.05) is 0 Å². The average Bonchev–Trinajstić information content (AvgIpc) is 2.66. The van der Waals surface area contributed by atoms with Gasteiger partial charge in [0.1, 0.15) is 0 Å². The lowest BCUT2D eigenvalue weighted by Crippen LogP contribution is -2.36. The van der Waals surface area contributed by atoms with E-state index in [0.29, 0.717) is 5.41 Å². The van der Waals surface area contributed by atoms with Crippen molar-refractivity contribution in [1.82, 2.24) is 0 Å². The van der Waals surface area contributed by atoms with Crippen LogP contribution in [0.1, 0.15) is 39.5 Å². The van der Waals surface area contributed by atoms with Crippen molar-refractivity contribution in [2.45, 2.75) is 39.5 Å². The molecule has 0 aromatic heterocycles. The Hall–Kier alpha value is -0.260. The molecule has 0 heteroatoms. The minimum atomic E-state index is 0.700. The topological polar surface area (TPSA) is 0 Å². The largest absolute Gasteiger partial charge is 0.0848 e. The van der Waals surface area contributed by atoms with Gasteiger partial charge in [0.2, 0.25) is 0 Å². The highest BCUT2D eigenvalue weighted by Gasteiger charge is 2.54. The van der Waals surface area contributed by atoms with Crippen molar-refractivity contribution in [2.75, 3.05) is 0 Å². The molecule has 5 atom stereocenters. The summed E-state index contributed by atoms with van der Waals surface area (Å²) >= 11 is 0. The second kappa shape index (κ2) is 2.40. The van der Waals surface area contributed by atoms with Gasteiger partial charge in [-0.1, -0.05) is 32.4 Å². The van der Waals surface area contributed by atoms with Crippen LogP contribution >= 0.6 is 0 Å². The van der Waals surface area contributed by atoms with Crippen LogP contribution in [0.2, 0.25) is 0 Å². The van der Waals surface area contributed by atoms with Crippen molar-refractivity contribution in [1.29, 1.82) is 0 Å². The lowest BCUT2D eigenvalue weighted by molar-refractivity contribution is 0.0741. The Morgan fingerprint density at radius 1 is 1.23 bits per heavy atom. The van der Waals surface area contributed by atoms with Crippen molar-refractivity contribution >= 4 is 0 Å². The molecule has 0 heterocycles. The van der Waals surface area contributed by atoms with E-state index >= 15 is 0 Å². The summed E-state index contributed by atoms with van der Waals surface area (Å²) in [4.78, 5) is 0. The Morgan fingerprint density at radius 2 is 2.08 bits per heavy atom. The SMILES string of the molecule is C[C@@H]1CCC2(C)C3C=CC(C3)C2C1. The van der Waals surface area contributed by atoms with Crippen LogP contribution in [-0.4, -0.2) is 0 Å². The van der Waals surface area contributed by atoms with E-state index in [4.69, 9.17) is 0 Å². The molecule has 0 aromatic carbocycles. The van der Waals surface area contributed by atoms with E-state index in [1.807, 2.05) is 0 Å². The van der Waals surface area contributed by atoms with E-state index in [-0.39, 0.29) is 0 Å². The molecule has 2 fully saturated rings. The molecule has 2 bridgehead atoms. The minimum absolute atomic E-state index is 0.700. The van der Waals surface area contributed by atoms with Gasteiger partial charge in [0.15, 0.2) is 0 Å². The fourth-order valence-corrected chi connectivity index (χ4v) is 4.20. The second-order valence-electron chi connectivity index (χ2n) is 5.88. The lowest BCUT2D eigenvalue weighted by atomic mass is 9.60. The van der Waals surface area contributed by atoms with Crippen molar-refractivity contribution in [3.63, 3.8) is 0 Å². The highest BCUT2D eigenvalue weighted by molar-refractivity contribution is 5.18. The molecule has 0 aromatic rings. The zero-order valence-electron chi connectivity index (χ0n) is 8.79. The van der Waals surface area contributed by atoms with Crippen LogP contribution in [0, 0.1) is 29.1 Å². The molecular formula is C13H20. The Bertz CT molecular complexity index is 253. The highest BCUT2D eigenvalue weighted by atomic mass is 14.6. The predicted molar refractivity (Wildman–Crippen MR) is 55.3 cm³/mol. The first-order valence-electron chi connectivity index (χ1n) is 5.88. The molecule has 72 valence electrons. The molecule has 0 radical (unpaired) electrons. The molecule has 0 nitrogen and oxygen atoms in total. The Kier molecular flexibility index (Phi) is 1.49. The number of hydrogen-bond acceptors (Lipinski definition) is 0. The summed E-state index contributed by atoms with van der Waals surface area (Å²) in [6.45, 7) is 4.99. The third-order valence-electron chi connectivity index (χ3n) is 5.16. The quantitative estimate of drug-likeness (QED) is 0.494. The van der Waals surface area contributed by atoms with Gasteiger partial charge in [-0.2, -0.15) is 0 Å². The molecule has 0 N–H and O–H groups in total. The zero-order valence-corrected chi connectivity index (χ0v) is 8.79. The number of allylic oxidation sites excluding steroid dienone is 2. The molecular weight excluding hydrogens is 156 g/mol. The second-order valence-corrected chi connectivity index (χ2v) is 5.88. The van der Waals surface area contributed by atoms with Crippen LogP contribution in [0.3, 0.4) is 0 Å². The van der Waals surface area contributed by atoms with Crippen molar-refractivity contribution < 1.29 is 0 Å². The first-order chi connectivity index (χ1) is 6.20. The summed E-state index contributed by atoms with van der Waals surface area (Å²) in [6, 6.07) is 0. The molecule has 3 rings (SSSR count). The Balaban J connectivity index is 1.94. The van der Waals surface area contributed by atoms with E-state index in [9.17, 15) is 0 Å². The van der Waals surface area contributed by atoms with Crippen LogP contribution in [0.25, 0.3) is 0 Å². The fraction of sp³-hybridized carbons (Fsp3) is 0.846. The molecule has 0 spiro atoms. The van der Waals surface area contributed by atoms with Gasteiger partial charge in [0.05, 0.1) is 0 Å². The van der Waals surface area contributed by atoms with Gasteiger partial charge < -0.3 is 0 Å². The Morgan fingerprint density at radius 3 is 2.92 bits per heavy atom. The van der Waals surface area contributed by atoms with Gasteiger partial charge in [-0.3, -0.25) is 0 Å². The van der Waals surface area contributed by atoms with Gasteiger partial charge in [-0.15, -0.1) is 0 Å². The maximum atomic E-state index is 2.55. The zero-order chi connectivity index (χ0) is 9.05. The smallest absolute Gasteiger partial charge is 0.0171 e. The van der Waals surface area contributed by atoms with E-state index in [2.05, 4.69) is 26.0 Å². The normalized spacial score (nSPS) is 58.3. The van der Waals surface area contributed by atoms with Gasteiger partial charge in [-0.05, 0) is 48.3 Å². The van der Waals surface area contributed by atoms with Gasteiger partial charge in [0.25, 0.3) is 0 Å². The van der Waals surface area contributed by atoms with Crippen molar-refractivity contribution in [3.8, 4) is 0 Å². The molecule has 3 aliphatic carbocycles. The van der Waals surface area contributed by atoms with Crippen LogP contribution in [0.4, 0.5) is 0 Å². The fourth-order valence-electron chi connectivity index (χ4n) is 4.20. The summed E-state index contributed by atoms with van der Waals surface area (Å²) in [7, 11) is 0. The molecule has 2 saturated carbocycles. The van der Waals surface area contributed by atoms with Crippen LogP contribution in [0.15, 0.2) is 12.2 Å². The van der Waals surface area contributed by atoms with E-state index < -0.39 is 0 Å². The highest BCUT2D eigenvalue weighted by Crippen LogP contribution is 2.62. The first kappa shape index (κ1) is 8.08. The predicted octanol–water partition coefficient (Wildman–Crippen LogP) is 3.63. The third kappa shape index (κ3) is 0.923. The summed E-state index contributed by atoms with van der Waals surface area (Å²) in [5, 5.41) is 0.